The quantitative estimate of drug-likeness (QED) is 0.459. The van der Waals surface area contributed by atoms with Crippen LogP contribution in [0.5, 0.6) is 5.75 Å². The smallest absolute Gasteiger partial charge is 0.281 e. The molecule has 7 heteroatoms. The molecule has 1 amide bonds. The van der Waals surface area contributed by atoms with Gasteiger partial charge in [0, 0.05) is 22.0 Å². The van der Waals surface area contributed by atoms with Gasteiger partial charge in [-0.3, -0.25) is 9.59 Å². The summed E-state index contributed by atoms with van der Waals surface area (Å²) in [5, 5.41) is 7.33. The van der Waals surface area contributed by atoms with E-state index in [9.17, 15) is 9.59 Å². The molecule has 3 aromatic carbocycles. The molecule has 5 nitrogen and oxygen atoms in total. The summed E-state index contributed by atoms with van der Waals surface area (Å²) < 4.78 is 5.62. The Kier molecular flexibility index (Phi) is 6.35. The molecule has 0 aliphatic carbocycles. The summed E-state index contributed by atoms with van der Waals surface area (Å²) in [6, 6.07) is 21.1. The number of halogens is 2. The zero-order chi connectivity index (χ0) is 21.8. The second kappa shape index (κ2) is 9.33. The summed E-state index contributed by atoms with van der Waals surface area (Å²) in [5.41, 5.74) is 3.17. The van der Waals surface area contributed by atoms with Crippen LogP contribution in [0.25, 0.3) is 0 Å². The van der Waals surface area contributed by atoms with Crippen molar-refractivity contribution in [2.75, 3.05) is 6.61 Å². The number of hydrazone groups is 1. The zero-order valence-corrected chi connectivity index (χ0v) is 17.9. The largest absolute Gasteiger partial charge is 0.484 e. The third-order valence-corrected chi connectivity index (χ3v) is 5.48. The van der Waals surface area contributed by atoms with Gasteiger partial charge in [0.15, 0.2) is 6.61 Å². The van der Waals surface area contributed by atoms with E-state index in [1.54, 1.807) is 48.5 Å². The minimum Gasteiger partial charge on any atom is -0.484 e. The van der Waals surface area contributed by atoms with Gasteiger partial charge < -0.3 is 4.74 Å². The molecule has 0 aromatic heterocycles. The van der Waals surface area contributed by atoms with Crippen LogP contribution in [0.3, 0.4) is 0 Å². The first-order valence-corrected chi connectivity index (χ1v) is 10.4. The van der Waals surface area contributed by atoms with Gasteiger partial charge in [0.1, 0.15) is 12.0 Å². The number of hydrogen-bond acceptors (Lipinski definition) is 4. The molecule has 1 heterocycles. The van der Waals surface area contributed by atoms with Gasteiger partial charge in [-0.1, -0.05) is 47.5 Å². The van der Waals surface area contributed by atoms with E-state index in [1.807, 2.05) is 24.3 Å². The summed E-state index contributed by atoms with van der Waals surface area (Å²) in [5.74, 6) is 0.228. The molecule has 0 fully saturated rings. The second-order valence-electron chi connectivity index (χ2n) is 7.04. The average molecular weight is 453 g/mol. The van der Waals surface area contributed by atoms with Crippen LogP contribution in [-0.4, -0.2) is 29.5 Å². The number of rotatable bonds is 6. The van der Waals surface area contributed by atoms with Crippen LogP contribution in [-0.2, 0) is 4.79 Å². The van der Waals surface area contributed by atoms with E-state index < -0.39 is 0 Å². The van der Waals surface area contributed by atoms with Crippen molar-refractivity contribution in [2.24, 2.45) is 5.10 Å². The number of hydrogen-bond donors (Lipinski definition) is 0. The Labute approximate surface area is 189 Å². The Morgan fingerprint density at radius 3 is 2.19 bits per heavy atom. The van der Waals surface area contributed by atoms with E-state index in [0.29, 0.717) is 27.8 Å². The van der Waals surface area contributed by atoms with Crippen LogP contribution in [0.2, 0.25) is 10.0 Å². The Morgan fingerprint density at radius 2 is 1.58 bits per heavy atom. The van der Waals surface area contributed by atoms with Crippen LogP contribution in [0.15, 0.2) is 77.9 Å². The molecule has 1 aliphatic rings. The highest BCUT2D eigenvalue weighted by molar-refractivity contribution is 6.31. The fourth-order valence-corrected chi connectivity index (χ4v) is 3.61. The lowest BCUT2D eigenvalue weighted by molar-refractivity contribution is -0.135. The Morgan fingerprint density at radius 1 is 0.968 bits per heavy atom. The molecule has 31 heavy (non-hydrogen) atoms. The predicted octanol–water partition coefficient (Wildman–Crippen LogP) is 5.56. The third-order valence-electron chi connectivity index (χ3n) is 4.98. The number of carbonyl (C=O) groups excluding carboxylic acids is 2. The molecule has 0 saturated heterocycles. The van der Waals surface area contributed by atoms with Gasteiger partial charge >= 0.3 is 0 Å². The van der Waals surface area contributed by atoms with Crippen molar-refractivity contribution in [3.8, 4) is 5.75 Å². The van der Waals surface area contributed by atoms with Gasteiger partial charge in [-0.25, -0.2) is 5.01 Å². The van der Waals surface area contributed by atoms with E-state index in [-0.39, 0.29) is 18.6 Å². The number of amides is 1. The molecule has 1 atom stereocenters. The molecule has 1 unspecified atom stereocenters. The van der Waals surface area contributed by atoms with Gasteiger partial charge in [-0.05, 0) is 59.7 Å². The molecular weight excluding hydrogens is 435 g/mol. The van der Waals surface area contributed by atoms with Crippen LogP contribution < -0.4 is 4.74 Å². The zero-order valence-electron chi connectivity index (χ0n) is 16.4. The number of benzene rings is 3. The van der Waals surface area contributed by atoms with Gasteiger partial charge in [0.05, 0.1) is 11.8 Å². The molecule has 0 radical (unpaired) electrons. The minimum atomic E-state index is -0.275. The van der Waals surface area contributed by atoms with Crippen LogP contribution >= 0.6 is 23.2 Å². The lowest BCUT2D eigenvalue weighted by atomic mass is 9.98. The number of aldehydes is 1. The standard InChI is InChI=1S/C24H18Cl2N2O3/c25-19-7-3-17(4-8-19)22-13-23(18-5-9-20(26)10-6-18)28(27-22)24(30)15-31-21-11-1-16(14-29)2-12-21/h1-12,14,23H,13,15H2. The van der Waals surface area contributed by atoms with E-state index in [1.165, 1.54) is 5.01 Å². The summed E-state index contributed by atoms with van der Waals surface area (Å²) in [7, 11) is 0. The molecule has 0 spiro atoms. The highest BCUT2D eigenvalue weighted by Gasteiger charge is 2.33. The molecular formula is C24H18Cl2N2O3. The van der Waals surface area contributed by atoms with Gasteiger partial charge in [0.25, 0.3) is 5.91 Å². The number of carbonyl (C=O) groups is 2. The Hall–Kier alpha value is -3.15. The van der Waals surface area contributed by atoms with Crippen molar-refractivity contribution < 1.29 is 14.3 Å². The monoisotopic (exact) mass is 452 g/mol. The van der Waals surface area contributed by atoms with Crippen LogP contribution in [0.1, 0.15) is 33.9 Å². The molecule has 4 rings (SSSR count). The second-order valence-corrected chi connectivity index (χ2v) is 7.91. The van der Waals surface area contributed by atoms with Gasteiger partial charge in [0.2, 0.25) is 0 Å². The maximum atomic E-state index is 13.0. The highest BCUT2D eigenvalue weighted by atomic mass is 35.5. The van der Waals surface area contributed by atoms with Crippen LogP contribution in [0.4, 0.5) is 0 Å². The van der Waals surface area contributed by atoms with E-state index >= 15 is 0 Å². The molecule has 0 bridgehead atoms. The normalized spacial score (nSPS) is 15.5. The Balaban J connectivity index is 1.56. The maximum absolute atomic E-state index is 13.0. The topological polar surface area (TPSA) is 59.0 Å². The number of nitrogens with zero attached hydrogens (tertiary/aromatic N) is 2. The fraction of sp³-hybridized carbons (Fsp3) is 0.125. The fourth-order valence-electron chi connectivity index (χ4n) is 3.36. The van der Waals surface area contributed by atoms with Crippen LogP contribution in [0, 0.1) is 0 Å². The van der Waals surface area contributed by atoms with E-state index in [0.717, 1.165) is 23.1 Å². The molecule has 156 valence electrons. The van der Waals surface area contributed by atoms with Gasteiger partial charge in [-0.15, -0.1) is 0 Å². The van der Waals surface area contributed by atoms with E-state index in [2.05, 4.69) is 5.10 Å². The lowest BCUT2D eigenvalue weighted by Crippen LogP contribution is -2.31. The van der Waals surface area contributed by atoms with Crippen molar-refractivity contribution in [1.29, 1.82) is 0 Å². The predicted molar refractivity (Wildman–Crippen MR) is 121 cm³/mol. The first-order chi connectivity index (χ1) is 15.0. The average Bonchev–Trinajstić information content (AvgIpc) is 3.24. The number of ether oxygens (including phenoxy) is 1. The maximum Gasteiger partial charge on any atom is 0.281 e. The third kappa shape index (κ3) is 4.95. The Bertz CT molecular complexity index is 1110. The summed E-state index contributed by atoms with van der Waals surface area (Å²) in [4.78, 5) is 23.8. The molecule has 0 saturated carbocycles. The SMILES string of the molecule is O=Cc1ccc(OCC(=O)N2N=C(c3ccc(Cl)cc3)CC2c2ccc(Cl)cc2)cc1. The molecule has 1 aliphatic heterocycles. The first-order valence-electron chi connectivity index (χ1n) is 9.62. The first kappa shape index (κ1) is 21.1. The summed E-state index contributed by atoms with van der Waals surface area (Å²) in [6.07, 6.45) is 1.31. The van der Waals surface area contributed by atoms with Crippen molar-refractivity contribution in [3.63, 3.8) is 0 Å². The van der Waals surface area contributed by atoms with Crippen molar-refractivity contribution in [3.05, 3.63) is 99.5 Å². The summed E-state index contributed by atoms with van der Waals surface area (Å²) in [6.45, 7) is -0.179. The van der Waals surface area contributed by atoms with Crippen molar-refractivity contribution in [2.45, 2.75) is 12.5 Å². The molecule has 3 aromatic rings. The molecule has 0 N–H and O–H groups in total. The van der Waals surface area contributed by atoms with Gasteiger partial charge in [-0.2, -0.15) is 5.10 Å². The van der Waals surface area contributed by atoms with E-state index in [4.69, 9.17) is 27.9 Å². The highest BCUT2D eigenvalue weighted by Crippen LogP contribution is 2.33. The lowest BCUT2D eigenvalue weighted by Gasteiger charge is -2.22. The summed E-state index contributed by atoms with van der Waals surface area (Å²) >= 11 is 12.0. The van der Waals surface area contributed by atoms with Crippen molar-refractivity contribution in [1.82, 2.24) is 5.01 Å². The van der Waals surface area contributed by atoms with Crippen molar-refractivity contribution >= 4 is 41.1 Å². The minimum absolute atomic E-state index is 0.179.